The molecule has 1 aliphatic carbocycles. The quantitative estimate of drug-likeness (QED) is 0.799. The Labute approximate surface area is 88.9 Å². The van der Waals surface area contributed by atoms with Crippen LogP contribution in [0.2, 0.25) is 0 Å². The van der Waals surface area contributed by atoms with Gasteiger partial charge in [-0.1, -0.05) is 12.8 Å². The van der Waals surface area contributed by atoms with Crippen molar-refractivity contribution < 1.29 is 4.39 Å². The van der Waals surface area contributed by atoms with Gasteiger partial charge in [-0.2, -0.15) is 0 Å². The van der Waals surface area contributed by atoms with Crippen LogP contribution in [0.25, 0.3) is 0 Å². The lowest BCUT2D eigenvalue weighted by Gasteiger charge is -2.29. The van der Waals surface area contributed by atoms with Crippen LogP contribution in [0.4, 0.5) is 10.2 Å². The molecule has 0 spiro atoms. The Hall–Kier alpha value is -1.16. The van der Waals surface area contributed by atoms with E-state index in [-0.39, 0.29) is 11.4 Å². The standard InChI is InChI=1S/C11H16FN3/c12-9-4-3-7-14-10(9)15-11(8-13)5-1-2-6-11/h3-4,7H,1-2,5-6,8,13H2,(H,14,15). The van der Waals surface area contributed by atoms with Crippen LogP contribution in [0.5, 0.6) is 0 Å². The van der Waals surface area contributed by atoms with E-state index < -0.39 is 0 Å². The number of rotatable bonds is 3. The second-order valence-corrected chi connectivity index (χ2v) is 4.15. The largest absolute Gasteiger partial charge is 0.361 e. The van der Waals surface area contributed by atoms with E-state index in [9.17, 15) is 4.39 Å². The summed E-state index contributed by atoms with van der Waals surface area (Å²) in [7, 11) is 0. The monoisotopic (exact) mass is 209 g/mol. The maximum atomic E-state index is 13.4. The first kappa shape index (κ1) is 10.4. The number of aromatic nitrogens is 1. The van der Waals surface area contributed by atoms with Gasteiger partial charge in [0, 0.05) is 12.7 Å². The smallest absolute Gasteiger partial charge is 0.165 e. The van der Waals surface area contributed by atoms with Crippen molar-refractivity contribution in [3.8, 4) is 0 Å². The number of nitrogens with zero attached hydrogens (tertiary/aromatic N) is 1. The van der Waals surface area contributed by atoms with E-state index in [0.29, 0.717) is 12.4 Å². The second-order valence-electron chi connectivity index (χ2n) is 4.15. The maximum absolute atomic E-state index is 13.4. The van der Waals surface area contributed by atoms with Crippen molar-refractivity contribution in [2.45, 2.75) is 31.2 Å². The molecule has 0 radical (unpaired) electrons. The van der Waals surface area contributed by atoms with Crippen LogP contribution >= 0.6 is 0 Å². The summed E-state index contributed by atoms with van der Waals surface area (Å²) in [6, 6.07) is 3.00. The molecule has 3 N–H and O–H groups in total. The van der Waals surface area contributed by atoms with Crippen LogP contribution in [0.1, 0.15) is 25.7 Å². The molecule has 0 atom stereocenters. The van der Waals surface area contributed by atoms with Gasteiger partial charge in [0.25, 0.3) is 0 Å². The summed E-state index contributed by atoms with van der Waals surface area (Å²) < 4.78 is 13.4. The first-order chi connectivity index (χ1) is 7.26. The first-order valence-electron chi connectivity index (χ1n) is 5.35. The third kappa shape index (κ3) is 2.09. The van der Waals surface area contributed by atoms with Crippen molar-refractivity contribution in [3.63, 3.8) is 0 Å². The summed E-state index contributed by atoms with van der Waals surface area (Å²) in [4.78, 5) is 3.99. The van der Waals surface area contributed by atoms with Gasteiger partial charge in [0.2, 0.25) is 0 Å². The molecule has 4 heteroatoms. The van der Waals surface area contributed by atoms with E-state index in [1.807, 2.05) is 0 Å². The Kier molecular flexibility index (Phi) is 2.86. The van der Waals surface area contributed by atoms with Crippen molar-refractivity contribution in [1.29, 1.82) is 0 Å². The highest BCUT2D eigenvalue weighted by Gasteiger charge is 2.33. The molecule has 0 aromatic carbocycles. The third-order valence-corrected chi connectivity index (χ3v) is 3.09. The van der Waals surface area contributed by atoms with Crippen LogP contribution in [-0.2, 0) is 0 Å². The lowest BCUT2D eigenvalue weighted by molar-refractivity contribution is 0.485. The highest BCUT2D eigenvalue weighted by molar-refractivity contribution is 5.39. The molecular weight excluding hydrogens is 193 g/mol. The van der Waals surface area contributed by atoms with E-state index in [1.54, 1.807) is 12.3 Å². The van der Waals surface area contributed by atoms with E-state index in [2.05, 4.69) is 10.3 Å². The Bertz CT molecular complexity index is 334. The lowest BCUT2D eigenvalue weighted by atomic mass is 9.98. The summed E-state index contributed by atoms with van der Waals surface area (Å²) in [5, 5.41) is 3.16. The number of halogens is 1. The summed E-state index contributed by atoms with van der Waals surface area (Å²) in [6.07, 6.45) is 5.89. The molecule has 1 saturated carbocycles. The molecule has 0 saturated heterocycles. The van der Waals surface area contributed by atoms with Gasteiger partial charge in [0.1, 0.15) is 0 Å². The van der Waals surface area contributed by atoms with Gasteiger partial charge in [0.15, 0.2) is 11.6 Å². The SMILES string of the molecule is NCC1(Nc2ncccc2F)CCCC1. The molecule has 0 unspecified atom stereocenters. The number of hydrogen-bond donors (Lipinski definition) is 2. The normalized spacial score (nSPS) is 19.1. The average molecular weight is 209 g/mol. The number of anilines is 1. The molecule has 0 aliphatic heterocycles. The van der Waals surface area contributed by atoms with Gasteiger partial charge in [0.05, 0.1) is 5.54 Å². The Morgan fingerprint density at radius 3 is 2.80 bits per heavy atom. The number of hydrogen-bond acceptors (Lipinski definition) is 3. The Morgan fingerprint density at radius 1 is 1.47 bits per heavy atom. The number of nitrogens with one attached hydrogen (secondary N) is 1. The molecule has 0 bridgehead atoms. The summed E-state index contributed by atoms with van der Waals surface area (Å²) in [6.45, 7) is 0.531. The molecule has 1 aliphatic rings. The molecule has 2 rings (SSSR count). The van der Waals surface area contributed by atoms with Gasteiger partial charge in [-0.25, -0.2) is 9.37 Å². The highest BCUT2D eigenvalue weighted by atomic mass is 19.1. The van der Waals surface area contributed by atoms with Crippen LogP contribution in [0.15, 0.2) is 18.3 Å². The predicted molar refractivity (Wildman–Crippen MR) is 58.1 cm³/mol. The van der Waals surface area contributed by atoms with Gasteiger partial charge in [-0.15, -0.1) is 0 Å². The van der Waals surface area contributed by atoms with Gasteiger partial charge in [-0.05, 0) is 25.0 Å². The summed E-state index contributed by atoms with van der Waals surface area (Å²) in [5.41, 5.74) is 5.61. The average Bonchev–Trinajstić information content (AvgIpc) is 2.71. The zero-order chi connectivity index (χ0) is 10.7. The van der Waals surface area contributed by atoms with E-state index in [4.69, 9.17) is 5.73 Å². The fourth-order valence-corrected chi connectivity index (χ4v) is 2.16. The van der Waals surface area contributed by atoms with Crippen molar-refractivity contribution in [3.05, 3.63) is 24.1 Å². The summed E-state index contributed by atoms with van der Waals surface area (Å²) >= 11 is 0. The topological polar surface area (TPSA) is 50.9 Å². The second kappa shape index (κ2) is 4.14. The Balaban J connectivity index is 2.16. The molecular formula is C11H16FN3. The minimum atomic E-state index is -0.308. The molecule has 1 heterocycles. The van der Waals surface area contributed by atoms with Gasteiger partial charge < -0.3 is 11.1 Å². The number of nitrogens with two attached hydrogens (primary N) is 1. The van der Waals surface area contributed by atoms with Crippen LogP contribution < -0.4 is 11.1 Å². The molecule has 1 aromatic rings. The zero-order valence-corrected chi connectivity index (χ0v) is 8.67. The summed E-state index contributed by atoms with van der Waals surface area (Å²) in [5.74, 6) is 0.0158. The van der Waals surface area contributed by atoms with Crippen molar-refractivity contribution in [2.75, 3.05) is 11.9 Å². The molecule has 3 nitrogen and oxygen atoms in total. The molecule has 0 amide bonds. The maximum Gasteiger partial charge on any atom is 0.165 e. The fourth-order valence-electron chi connectivity index (χ4n) is 2.16. The third-order valence-electron chi connectivity index (χ3n) is 3.09. The van der Waals surface area contributed by atoms with E-state index in [0.717, 1.165) is 25.7 Å². The minimum absolute atomic E-state index is 0.144. The van der Waals surface area contributed by atoms with Crippen LogP contribution in [0.3, 0.4) is 0 Å². The van der Waals surface area contributed by atoms with Gasteiger partial charge in [-0.3, -0.25) is 0 Å². The van der Waals surface area contributed by atoms with Crippen molar-refractivity contribution in [1.82, 2.24) is 4.98 Å². The minimum Gasteiger partial charge on any atom is -0.361 e. The zero-order valence-electron chi connectivity index (χ0n) is 8.67. The lowest BCUT2D eigenvalue weighted by Crippen LogP contribution is -2.43. The molecule has 15 heavy (non-hydrogen) atoms. The van der Waals surface area contributed by atoms with Crippen LogP contribution in [-0.4, -0.2) is 17.1 Å². The van der Waals surface area contributed by atoms with Gasteiger partial charge >= 0.3 is 0 Å². The number of pyridine rings is 1. The van der Waals surface area contributed by atoms with Crippen LogP contribution in [0, 0.1) is 5.82 Å². The molecule has 1 fully saturated rings. The fraction of sp³-hybridized carbons (Fsp3) is 0.545. The van der Waals surface area contributed by atoms with Crippen molar-refractivity contribution >= 4 is 5.82 Å². The molecule has 1 aromatic heterocycles. The predicted octanol–water partition coefficient (Wildman–Crippen LogP) is 1.90. The van der Waals surface area contributed by atoms with Crippen molar-refractivity contribution in [2.24, 2.45) is 5.73 Å². The van der Waals surface area contributed by atoms with E-state index in [1.165, 1.54) is 6.07 Å². The van der Waals surface area contributed by atoms with E-state index >= 15 is 0 Å². The molecule has 82 valence electrons. The first-order valence-corrected chi connectivity index (χ1v) is 5.35. The Morgan fingerprint density at radius 2 is 2.20 bits per heavy atom. The highest BCUT2D eigenvalue weighted by Crippen LogP contribution is 2.32.